The van der Waals surface area contributed by atoms with Crippen molar-refractivity contribution in [3.63, 3.8) is 0 Å². The number of unbranched alkanes of at least 4 members (excludes halogenated alkanes) is 5. The SMILES string of the molecule is CCCCCc1ccc(OCCCCNNS(=O)[O-])c(CCCCC)c1. The molecule has 0 heterocycles. The van der Waals surface area contributed by atoms with Gasteiger partial charge in [0.25, 0.3) is 0 Å². The Morgan fingerprint density at radius 3 is 2.42 bits per heavy atom. The molecule has 0 spiro atoms. The quantitative estimate of drug-likeness (QED) is 0.255. The Morgan fingerprint density at radius 2 is 1.73 bits per heavy atom. The summed E-state index contributed by atoms with van der Waals surface area (Å²) in [7, 11) is 0. The van der Waals surface area contributed by atoms with Gasteiger partial charge >= 0.3 is 0 Å². The van der Waals surface area contributed by atoms with E-state index in [1.165, 1.54) is 49.7 Å². The monoisotopic (exact) mass is 383 g/mol. The molecule has 0 aromatic heterocycles. The van der Waals surface area contributed by atoms with Crippen LogP contribution >= 0.6 is 0 Å². The largest absolute Gasteiger partial charge is 0.759 e. The van der Waals surface area contributed by atoms with Gasteiger partial charge in [-0.3, -0.25) is 4.21 Å². The highest BCUT2D eigenvalue weighted by Crippen LogP contribution is 2.24. The molecule has 0 aliphatic heterocycles. The van der Waals surface area contributed by atoms with Gasteiger partial charge in [-0.15, -0.1) is 0 Å². The molecule has 1 aromatic rings. The Hall–Kier alpha value is -0.950. The van der Waals surface area contributed by atoms with Crippen LogP contribution in [0.15, 0.2) is 18.2 Å². The number of ether oxygens (including phenoxy) is 1. The topological polar surface area (TPSA) is 73.4 Å². The summed E-state index contributed by atoms with van der Waals surface area (Å²) < 4.78 is 26.7. The van der Waals surface area contributed by atoms with E-state index in [1.54, 1.807) is 0 Å². The summed E-state index contributed by atoms with van der Waals surface area (Å²) in [6.07, 6.45) is 11.4. The summed E-state index contributed by atoms with van der Waals surface area (Å²) in [5.74, 6) is 1.01. The normalized spacial score (nSPS) is 12.3. The first-order chi connectivity index (χ1) is 12.7. The lowest BCUT2D eigenvalue weighted by Crippen LogP contribution is -2.33. The van der Waals surface area contributed by atoms with Crippen LogP contribution < -0.4 is 15.0 Å². The maximum Gasteiger partial charge on any atom is 0.122 e. The minimum Gasteiger partial charge on any atom is -0.759 e. The highest BCUT2D eigenvalue weighted by molar-refractivity contribution is 7.76. The van der Waals surface area contributed by atoms with E-state index >= 15 is 0 Å². The third-order valence-electron chi connectivity index (χ3n) is 4.35. The fourth-order valence-electron chi connectivity index (χ4n) is 2.88. The van der Waals surface area contributed by atoms with E-state index < -0.39 is 11.3 Å². The number of hydrogen-bond acceptors (Lipinski definition) is 4. The highest BCUT2D eigenvalue weighted by Gasteiger charge is 2.06. The molecule has 0 saturated heterocycles. The number of rotatable bonds is 16. The van der Waals surface area contributed by atoms with Gasteiger partial charge in [-0.05, 0) is 55.7 Å². The number of aryl methyl sites for hydroxylation is 2. The van der Waals surface area contributed by atoms with Crippen LogP contribution in [0.3, 0.4) is 0 Å². The summed E-state index contributed by atoms with van der Waals surface area (Å²) in [6, 6.07) is 6.65. The van der Waals surface area contributed by atoms with Gasteiger partial charge in [0.15, 0.2) is 0 Å². The molecular formula is C20H35N2O3S-. The molecule has 0 amide bonds. The number of hydrogen-bond donors (Lipinski definition) is 2. The molecule has 0 bridgehead atoms. The molecule has 1 unspecified atom stereocenters. The fourth-order valence-corrected chi connectivity index (χ4v) is 3.10. The average Bonchev–Trinajstić information content (AvgIpc) is 2.62. The van der Waals surface area contributed by atoms with Crippen LogP contribution in [0.25, 0.3) is 0 Å². The third kappa shape index (κ3) is 10.9. The minimum absolute atomic E-state index is 0.594. The van der Waals surface area contributed by atoms with Gasteiger partial charge in [0, 0.05) is 17.8 Å². The maximum atomic E-state index is 10.3. The first kappa shape index (κ1) is 23.1. The lowest BCUT2D eigenvalue weighted by Gasteiger charge is -2.14. The summed E-state index contributed by atoms with van der Waals surface area (Å²) in [5, 5.41) is 0. The van der Waals surface area contributed by atoms with Crippen LogP contribution in [-0.4, -0.2) is 21.9 Å². The molecule has 0 fully saturated rings. The molecule has 2 N–H and O–H groups in total. The van der Waals surface area contributed by atoms with Gasteiger partial charge in [0.1, 0.15) is 5.75 Å². The molecule has 0 aliphatic carbocycles. The van der Waals surface area contributed by atoms with E-state index in [0.717, 1.165) is 31.4 Å². The van der Waals surface area contributed by atoms with E-state index in [0.29, 0.717) is 13.2 Å². The first-order valence-corrected chi connectivity index (χ1v) is 11.1. The Labute approximate surface area is 161 Å². The van der Waals surface area contributed by atoms with Crippen molar-refractivity contribution in [3.05, 3.63) is 29.3 Å². The number of nitrogens with one attached hydrogen (secondary N) is 2. The lowest BCUT2D eigenvalue weighted by molar-refractivity contribution is 0.302. The smallest absolute Gasteiger partial charge is 0.122 e. The van der Waals surface area contributed by atoms with Crippen molar-refractivity contribution < 1.29 is 13.5 Å². The Balaban J connectivity index is 2.46. The molecular weight excluding hydrogens is 348 g/mol. The van der Waals surface area contributed by atoms with Gasteiger partial charge < -0.3 is 9.29 Å². The third-order valence-corrected chi connectivity index (χ3v) is 4.66. The van der Waals surface area contributed by atoms with E-state index in [9.17, 15) is 8.76 Å². The molecule has 6 heteroatoms. The second-order valence-electron chi connectivity index (χ2n) is 6.68. The number of hydrazine groups is 1. The molecule has 1 rings (SSSR count). The fraction of sp³-hybridized carbons (Fsp3) is 0.700. The van der Waals surface area contributed by atoms with Gasteiger partial charge in [0.05, 0.1) is 6.61 Å². The first-order valence-electron chi connectivity index (χ1n) is 9.99. The standard InChI is InChI=1S/C20H36N2O3S/c1-3-5-7-11-18-13-14-20(19(17-18)12-8-6-4-2)25-16-10-9-15-21-22-26(23)24/h13-14,17,21-22H,3-12,15-16H2,1-2H3,(H,23,24)/p-1. The van der Waals surface area contributed by atoms with Gasteiger partial charge in [-0.2, -0.15) is 4.83 Å². The zero-order valence-electron chi connectivity index (χ0n) is 16.4. The molecule has 0 radical (unpaired) electrons. The van der Waals surface area contributed by atoms with Gasteiger partial charge in [-0.25, -0.2) is 5.43 Å². The zero-order chi connectivity index (χ0) is 19.0. The second kappa shape index (κ2) is 15.1. The Kier molecular flexibility index (Phi) is 13.4. The van der Waals surface area contributed by atoms with Crippen molar-refractivity contribution in [2.75, 3.05) is 13.2 Å². The minimum atomic E-state index is -2.26. The van der Waals surface area contributed by atoms with Crippen molar-refractivity contribution in [3.8, 4) is 5.75 Å². The number of benzene rings is 1. The highest BCUT2D eigenvalue weighted by atomic mass is 32.2. The molecule has 1 aromatic carbocycles. The van der Waals surface area contributed by atoms with Crippen LogP contribution in [0.1, 0.15) is 76.3 Å². The molecule has 5 nitrogen and oxygen atoms in total. The van der Waals surface area contributed by atoms with Crippen LogP contribution in [0, 0.1) is 0 Å². The zero-order valence-corrected chi connectivity index (χ0v) is 17.2. The van der Waals surface area contributed by atoms with Crippen molar-refractivity contribution in [2.24, 2.45) is 0 Å². The van der Waals surface area contributed by atoms with Gasteiger partial charge in [-0.1, -0.05) is 51.7 Å². The predicted octanol–water partition coefficient (Wildman–Crippen LogP) is 4.20. The Bertz CT molecular complexity index is 512. The van der Waals surface area contributed by atoms with E-state index in [-0.39, 0.29) is 0 Å². The summed E-state index contributed by atoms with van der Waals surface area (Å²) >= 11 is -2.26. The molecule has 26 heavy (non-hydrogen) atoms. The molecule has 0 saturated carbocycles. The van der Waals surface area contributed by atoms with Crippen molar-refractivity contribution >= 4 is 11.3 Å². The average molecular weight is 384 g/mol. The van der Waals surface area contributed by atoms with Crippen LogP contribution in [0.5, 0.6) is 5.75 Å². The Morgan fingerprint density at radius 1 is 1.00 bits per heavy atom. The van der Waals surface area contributed by atoms with Crippen molar-refractivity contribution in [2.45, 2.75) is 78.1 Å². The van der Waals surface area contributed by atoms with Crippen LogP contribution in [0.4, 0.5) is 0 Å². The van der Waals surface area contributed by atoms with Gasteiger partial charge in [0.2, 0.25) is 0 Å². The summed E-state index contributed by atoms with van der Waals surface area (Å²) in [6.45, 7) is 5.71. The van der Waals surface area contributed by atoms with E-state index in [2.05, 4.69) is 42.3 Å². The van der Waals surface area contributed by atoms with Crippen LogP contribution in [-0.2, 0) is 24.1 Å². The predicted molar refractivity (Wildman–Crippen MR) is 108 cm³/mol. The molecule has 1 atom stereocenters. The summed E-state index contributed by atoms with van der Waals surface area (Å²) in [5.41, 5.74) is 5.39. The second-order valence-corrected chi connectivity index (χ2v) is 7.35. The maximum absolute atomic E-state index is 10.3. The lowest BCUT2D eigenvalue weighted by atomic mass is 10.00. The van der Waals surface area contributed by atoms with Crippen molar-refractivity contribution in [1.82, 2.24) is 10.3 Å². The molecule has 150 valence electrons. The van der Waals surface area contributed by atoms with E-state index in [1.807, 2.05) is 0 Å². The van der Waals surface area contributed by atoms with Crippen molar-refractivity contribution in [1.29, 1.82) is 0 Å². The summed E-state index contributed by atoms with van der Waals surface area (Å²) in [4.78, 5) is 2.14. The van der Waals surface area contributed by atoms with E-state index in [4.69, 9.17) is 4.74 Å². The molecule has 0 aliphatic rings. The van der Waals surface area contributed by atoms with Crippen LogP contribution in [0.2, 0.25) is 0 Å².